The Morgan fingerprint density at radius 3 is 2.29 bits per heavy atom. The molecule has 1 nitrogen and oxygen atoms in total. The quantitative estimate of drug-likeness (QED) is 0.627. The Morgan fingerprint density at radius 2 is 1.86 bits per heavy atom. The highest BCUT2D eigenvalue weighted by Crippen LogP contribution is 2.22. The third-order valence-corrected chi connectivity index (χ3v) is 3.17. The van der Waals surface area contributed by atoms with Gasteiger partial charge in [0.15, 0.2) is 0 Å². The summed E-state index contributed by atoms with van der Waals surface area (Å²) in [5.41, 5.74) is 1.08. The van der Waals surface area contributed by atoms with Crippen molar-refractivity contribution in [1.82, 2.24) is 5.32 Å². The summed E-state index contributed by atoms with van der Waals surface area (Å²) in [4.78, 5) is 2.09. The van der Waals surface area contributed by atoms with Crippen LogP contribution in [0.1, 0.15) is 19.4 Å². The molecule has 0 unspecified atom stereocenters. The molecule has 0 heterocycles. The molecule has 0 aromatic heterocycles. The van der Waals surface area contributed by atoms with E-state index in [1.54, 1.807) is 0 Å². The van der Waals surface area contributed by atoms with Crippen LogP contribution in [-0.2, 0) is 0 Å². The molecule has 0 fully saturated rings. The van der Waals surface area contributed by atoms with Gasteiger partial charge in [-0.25, -0.2) is 0 Å². The standard InChI is InChI=1S/C11H15NS2/c1-8(2)14-10-6-4-9(5-7-10)11(13)12-3/h4-8H,1-3H3,(H,12,13). The number of benzene rings is 1. The van der Waals surface area contributed by atoms with Crippen molar-refractivity contribution in [1.29, 1.82) is 0 Å². The second-order valence-corrected chi connectivity index (χ2v) is 5.33. The average Bonchev–Trinajstić information content (AvgIpc) is 2.17. The zero-order valence-corrected chi connectivity index (χ0v) is 10.3. The third kappa shape index (κ3) is 3.31. The number of hydrogen-bond acceptors (Lipinski definition) is 2. The van der Waals surface area contributed by atoms with Crippen molar-refractivity contribution in [2.75, 3.05) is 7.05 Å². The Balaban J connectivity index is 2.73. The first-order chi connectivity index (χ1) is 6.63. The minimum Gasteiger partial charge on any atom is -0.379 e. The van der Waals surface area contributed by atoms with Crippen molar-refractivity contribution in [3.63, 3.8) is 0 Å². The zero-order valence-electron chi connectivity index (χ0n) is 8.70. The molecule has 0 amide bonds. The highest BCUT2D eigenvalue weighted by Gasteiger charge is 2.00. The largest absolute Gasteiger partial charge is 0.379 e. The van der Waals surface area contributed by atoms with Crippen LogP contribution in [0.25, 0.3) is 0 Å². The first-order valence-electron chi connectivity index (χ1n) is 4.62. The molecule has 1 rings (SSSR count). The molecule has 0 aliphatic heterocycles. The first-order valence-corrected chi connectivity index (χ1v) is 5.91. The lowest BCUT2D eigenvalue weighted by Crippen LogP contribution is -2.16. The monoisotopic (exact) mass is 225 g/mol. The van der Waals surface area contributed by atoms with Gasteiger partial charge in [-0.1, -0.05) is 38.2 Å². The first kappa shape index (κ1) is 11.5. The van der Waals surface area contributed by atoms with Crippen LogP contribution in [0.3, 0.4) is 0 Å². The van der Waals surface area contributed by atoms with Crippen LogP contribution < -0.4 is 5.32 Å². The summed E-state index contributed by atoms with van der Waals surface area (Å²) >= 11 is 7.00. The average molecular weight is 225 g/mol. The lowest BCUT2D eigenvalue weighted by atomic mass is 10.2. The molecular weight excluding hydrogens is 210 g/mol. The number of hydrogen-bond donors (Lipinski definition) is 1. The Morgan fingerprint density at radius 1 is 1.29 bits per heavy atom. The van der Waals surface area contributed by atoms with E-state index in [9.17, 15) is 0 Å². The van der Waals surface area contributed by atoms with Gasteiger partial charge in [0.25, 0.3) is 0 Å². The molecule has 1 N–H and O–H groups in total. The summed E-state index contributed by atoms with van der Waals surface area (Å²) in [6.45, 7) is 4.38. The van der Waals surface area contributed by atoms with E-state index in [1.165, 1.54) is 4.90 Å². The van der Waals surface area contributed by atoms with Gasteiger partial charge in [0.2, 0.25) is 0 Å². The van der Waals surface area contributed by atoms with E-state index in [1.807, 2.05) is 18.8 Å². The van der Waals surface area contributed by atoms with Crippen molar-refractivity contribution in [2.45, 2.75) is 24.0 Å². The van der Waals surface area contributed by atoms with Crippen molar-refractivity contribution in [2.24, 2.45) is 0 Å². The Labute approximate surface area is 95.3 Å². The minimum absolute atomic E-state index is 0.622. The fourth-order valence-electron chi connectivity index (χ4n) is 1.10. The van der Waals surface area contributed by atoms with Crippen molar-refractivity contribution in [3.05, 3.63) is 29.8 Å². The fraction of sp³-hybridized carbons (Fsp3) is 0.364. The molecule has 14 heavy (non-hydrogen) atoms. The molecule has 1 aromatic carbocycles. The zero-order chi connectivity index (χ0) is 10.6. The van der Waals surface area contributed by atoms with Gasteiger partial charge in [0.05, 0.1) is 0 Å². The summed E-state index contributed by atoms with van der Waals surface area (Å²) in [6, 6.07) is 8.35. The molecular formula is C11H15NS2. The van der Waals surface area contributed by atoms with Crippen LogP contribution in [0.5, 0.6) is 0 Å². The van der Waals surface area contributed by atoms with Gasteiger partial charge in [0, 0.05) is 22.8 Å². The molecule has 0 spiro atoms. The molecule has 0 saturated carbocycles. The summed E-state index contributed by atoms with van der Waals surface area (Å²) in [6.07, 6.45) is 0. The van der Waals surface area contributed by atoms with Crippen LogP contribution in [0, 0.1) is 0 Å². The number of thioether (sulfide) groups is 1. The Kier molecular flexibility index (Phi) is 4.42. The maximum Gasteiger partial charge on any atom is 0.106 e. The summed E-state index contributed by atoms with van der Waals surface area (Å²) in [5, 5.41) is 3.59. The van der Waals surface area contributed by atoms with E-state index < -0.39 is 0 Å². The Bertz CT molecular complexity index is 304. The van der Waals surface area contributed by atoms with E-state index in [-0.39, 0.29) is 0 Å². The molecule has 0 aliphatic rings. The van der Waals surface area contributed by atoms with E-state index in [0.717, 1.165) is 10.6 Å². The van der Waals surface area contributed by atoms with Crippen LogP contribution in [0.15, 0.2) is 29.2 Å². The lowest BCUT2D eigenvalue weighted by Gasteiger charge is -2.06. The second kappa shape index (κ2) is 5.37. The van der Waals surface area contributed by atoms with E-state index in [4.69, 9.17) is 12.2 Å². The fourth-order valence-corrected chi connectivity index (χ4v) is 2.08. The normalized spacial score (nSPS) is 10.3. The van der Waals surface area contributed by atoms with E-state index >= 15 is 0 Å². The predicted octanol–water partition coefficient (Wildman–Crippen LogP) is 3.08. The van der Waals surface area contributed by atoms with Crippen molar-refractivity contribution < 1.29 is 0 Å². The van der Waals surface area contributed by atoms with Crippen LogP contribution in [0.4, 0.5) is 0 Å². The van der Waals surface area contributed by atoms with Crippen molar-refractivity contribution in [3.8, 4) is 0 Å². The van der Waals surface area contributed by atoms with Gasteiger partial charge in [-0.05, 0) is 12.1 Å². The van der Waals surface area contributed by atoms with Gasteiger partial charge >= 0.3 is 0 Å². The number of rotatable bonds is 3. The topological polar surface area (TPSA) is 12.0 Å². The molecule has 0 radical (unpaired) electrons. The van der Waals surface area contributed by atoms with Crippen molar-refractivity contribution >= 4 is 29.0 Å². The maximum atomic E-state index is 5.13. The van der Waals surface area contributed by atoms with Gasteiger partial charge in [-0.2, -0.15) is 0 Å². The highest BCUT2D eigenvalue weighted by molar-refractivity contribution is 7.99. The van der Waals surface area contributed by atoms with E-state index in [2.05, 4.69) is 43.4 Å². The van der Waals surface area contributed by atoms with Crippen LogP contribution >= 0.6 is 24.0 Å². The van der Waals surface area contributed by atoms with Gasteiger partial charge in [-0.15, -0.1) is 11.8 Å². The molecule has 3 heteroatoms. The lowest BCUT2D eigenvalue weighted by molar-refractivity contribution is 1.11. The van der Waals surface area contributed by atoms with Gasteiger partial charge < -0.3 is 5.32 Å². The number of nitrogens with one attached hydrogen (secondary N) is 1. The smallest absolute Gasteiger partial charge is 0.106 e. The summed E-state index contributed by atoms with van der Waals surface area (Å²) in [7, 11) is 1.85. The van der Waals surface area contributed by atoms with E-state index in [0.29, 0.717) is 5.25 Å². The molecule has 0 saturated heterocycles. The predicted molar refractivity (Wildman–Crippen MR) is 68.2 cm³/mol. The Hall–Kier alpha value is -0.540. The molecule has 0 aliphatic carbocycles. The molecule has 0 atom stereocenters. The number of thiocarbonyl (C=S) groups is 1. The molecule has 0 bridgehead atoms. The highest BCUT2D eigenvalue weighted by atomic mass is 32.2. The van der Waals surface area contributed by atoms with Crippen LogP contribution in [-0.4, -0.2) is 17.3 Å². The SMILES string of the molecule is CNC(=S)c1ccc(SC(C)C)cc1. The second-order valence-electron chi connectivity index (χ2n) is 3.27. The van der Waals surface area contributed by atoms with Gasteiger partial charge in [0.1, 0.15) is 4.99 Å². The maximum absolute atomic E-state index is 5.13. The summed E-state index contributed by atoms with van der Waals surface area (Å²) < 4.78 is 0. The third-order valence-electron chi connectivity index (χ3n) is 1.72. The summed E-state index contributed by atoms with van der Waals surface area (Å²) in [5.74, 6) is 0. The molecule has 76 valence electrons. The van der Waals surface area contributed by atoms with Crippen LogP contribution in [0.2, 0.25) is 0 Å². The van der Waals surface area contributed by atoms with Gasteiger partial charge in [-0.3, -0.25) is 0 Å². The molecule has 1 aromatic rings. The minimum atomic E-state index is 0.622.